The van der Waals surface area contributed by atoms with E-state index in [0.29, 0.717) is 38.6 Å². The zero-order chi connectivity index (χ0) is 21.4. The summed E-state index contributed by atoms with van der Waals surface area (Å²) in [6, 6.07) is 17.6. The van der Waals surface area contributed by atoms with Crippen molar-refractivity contribution in [1.82, 2.24) is 15.5 Å². The Morgan fingerprint density at radius 2 is 1.87 bits per heavy atom. The number of likely N-dealkylation sites (tertiary alicyclic amines) is 1. The fraction of sp³-hybridized carbons (Fsp3) is 0.409. The third-order valence-corrected chi connectivity index (χ3v) is 4.90. The van der Waals surface area contributed by atoms with Gasteiger partial charge >= 0.3 is 6.18 Å². The van der Waals surface area contributed by atoms with Gasteiger partial charge in [-0.15, -0.1) is 0 Å². The van der Waals surface area contributed by atoms with Crippen molar-refractivity contribution >= 4 is 5.96 Å². The number of alkyl halides is 3. The largest absolute Gasteiger partial charge is 0.489 e. The Morgan fingerprint density at radius 1 is 1.13 bits per heavy atom. The van der Waals surface area contributed by atoms with Gasteiger partial charge in [-0.25, -0.2) is 0 Å². The van der Waals surface area contributed by atoms with Gasteiger partial charge in [0.05, 0.1) is 6.54 Å². The number of nitrogens with zero attached hydrogens (tertiary/aromatic N) is 2. The van der Waals surface area contributed by atoms with Crippen LogP contribution in [0.3, 0.4) is 0 Å². The summed E-state index contributed by atoms with van der Waals surface area (Å²) in [6.07, 6.45) is -3.52. The van der Waals surface area contributed by atoms with Crippen molar-refractivity contribution in [3.63, 3.8) is 0 Å². The van der Waals surface area contributed by atoms with Gasteiger partial charge in [-0.05, 0) is 18.1 Å². The van der Waals surface area contributed by atoms with E-state index < -0.39 is 12.7 Å². The van der Waals surface area contributed by atoms with Gasteiger partial charge in [-0.3, -0.25) is 9.89 Å². The second-order valence-corrected chi connectivity index (χ2v) is 7.29. The maximum Gasteiger partial charge on any atom is 0.401 e. The van der Waals surface area contributed by atoms with Crippen LogP contribution in [0, 0.1) is 0 Å². The van der Waals surface area contributed by atoms with Crippen molar-refractivity contribution in [3.05, 3.63) is 65.7 Å². The smallest absolute Gasteiger partial charge is 0.401 e. The Morgan fingerprint density at radius 3 is 2.60 bits per heavy atom. The van der Waals surface area contributed by atoms with Crippen LogP contribution >= 0.6 is 0 Å². The molecule has 8 heteroatoms. The number of rotatable bonds is 7. The standard InChI is InChI=1S/C22H27F3N4O/c1-26-21(28-19-11-12-29(14-19)16-22(23,24)25)27-13-18-9-5-6-10-20(18)30-15-17-7-3-2-4-8-17/h2-10,19H,11-16H2,1H3,(H2,26,27,28). The molecule has 162 valence electrons. The molecule has 1 aliphatic rings. The molecular weight excluding hydrogens is 393 g/mol. The number of guanidine groups is 1. The Labute approximate surface area is 174 Å². The number of halogens is 3. The summed E-state index contributed by atoms with van der Waals surface area (Å²) in [5.74, 6) is 1.34. The van der Waals surface area contributed by atoms with E-state index in [1.165, 1.54) is 4.90 Å². The molecule has 3 rings (SSSR count). The van der Waals surface area contributed by atoms with Gasteiger partial charge < -0.3 is 15.4 Å². The van der Waals surface area contributed by atoms with E-state index in [0.717, 1.165) is 16.9 Å². The van der Waals surface area contributed by atoms with E-state index >= 15 is 0 Å². The molecule has 1 heterocycles. The number of para-hydroxylation sites is 1. The number of hydrogen-bond donors (Lipinski definition) is 2. The number of ether oxygens (including phenoxy) is 1. The SMILES string of the molecule is CN=C(NCc1ccccc1OCc1ccccc1)NC1CCN(CC(F)(F)F)C1. The van der Waals surface area contributed by atoms with Crippen molar-refractivity contribution < 1.29 is 17.9 Å². The number of benzene rings is 2. The van der Waals surface area contributed by atoms with Crippen LogP contribution in [-0.2, 0) is 13.2 Å². The normalized spacial score (nSPS) is 17.7. The van der Waals surface area contributed by atoms with Crippen LogP contribution in [0.2, 0.25) is 0 Å². The second kappa shape index (κ2) is 10.3. The predicted molar refractivity (Wildman–Crippen MR) is 111 cm³/mol. The average molecular weight is 420 g/mol. The molecule has 0 spiro atoms. The quantitative estimate of drug-likeness (QED) is 0.531. The maximum atomic E-state index is 12.6. The van der Waals surface area contributed by atoms with E-state index in [1.807, 2.05) is 54.6 Å². The summed E-state index contributed by atoms with van der Waals surface area (Å²) >= 11 is 0. The highest BCUT2D eigenvalue weighted by molar-refractivity contribution is 5.80. The van der Waals surface area contributed by atoms with Crippen molar-refractivity contribution in [2.75, 3.05) is 26.7 Å². The molecule has 0 aliphatic carbocycles. The maximum absolute atomic E-state index is 12.6. The third kappa shape index (κ3) is 6.95. The van der Waals surface area contributed by atoms with Crippen molar-refractivity contribution in [1.29, 1.82) is 0 Å². The van der Waals surface area contributed by atoms with Gasteiger partial charge in [0.25, 0.3) is 0 Å². The van der Waals surface area contributed by atoms with Gasteiger partial charge in [0.2, 0.25) is 0 Å². The summed E-state index contributed by atoms with van der Waals surface area (Å²) in [6.45, 7) is 0.857. The third-order valence-electron chi connectivity index (χ3n) is 4.90. The summed E-state index contributed by atoms with van der Waals surface area (Å²) in [5.41, 5.74) is 2.06. The molecule has 0 radical (unpaired) electrons. The Hall–Kier alpha value is -2.74. The van der Waals surface area contributed by atoms with E-state index in [-0.39, 0.29) is 6.04 Å². The van der Waals surface area contributed by atoms with Crippen molar-refractivity contribution in [3.8, 4) is 5.75 Å². The number of aliphatic imine (C=N–C) groups is 1. The molecule has 1 fully saturated rings. The molecule has 2 aromatic rings. The van der Waals surface area contributed by atoms with Gasteiger partial charge in [0, 0.05) is 38.3 Å². The lowest BCUT2D eigenvalue weighted by Gasteiger charge is -2.20. The van der Waals surface area contributed by atoms with Gasteiger partial charge in [-0.2, -0.15) is 13.2 Å². The lowest BCUT2D eigenvalue weighted by Crippen LogP contribution is -2.44. The first-order chi connectivity index (χ1) is 14.4. The molecule has 1 unspecified atom stereocenters. The summed E-state index contributed by atoms with van der Waals surface area (Å²) in [7, 11) is 1.65. The van der Waals surface area contributed by atoms with Crippen LogP contribution in [0.1, 0.15) is 17.5 Å². The van der Waals surface area contributed by atoms with E-state index in [2.05, 4.69) is 15.6 Å². The Kier molecular flexibility index (Phi) is 7.57. The van der Waals surface area contributed by atoms with Crippen LogP contribution in [0.25, 0.3) is 0 Å². The van der Waals surface area contributed by atoms with Crippen LogP contribution in [0.4, 0.5) is 13.2 Å². The molecule has 2 N–H and O–H groups in total. The molecule has 1 atom stereocenters. The first-order valence-electron chi connectivity index (χ1n) is 9.94. The first-order valence-corrected chi connectivity index (χ1v) is 9.94. The van der Waals surface area contributed by atoms with Crippen LogP contribution in [0.5, 0.6) is 5.75 Å². The lowest BCUT2D eigenvalue weighted by atomic mass is 10.2. The van der Waals surface area contributed by atoms with E-state index in [9.17, 15) is 13.2 Å². The molecule has 1 aliphatic heterocycles. The highest BCUT2D eigenvalue weighted by Crippen LogP contribution is 2.21. The highest BCUT2D eigenvalue weighted by Gasteiger charge is 2.34. The van der Waals surface area contributed by atoms with E-state index in [4.69, 9.17) is 4.74 Å². The van der Waals surface area contributed by atoms with Crippen molar-refractivity contribution in [2.24, 2.45) is 4.99 Å². The molecular formula is C22H27F3N4O. The molecule has 0 amide bonds. The number of nitrogens with one attached hydrogen (secondary N) is 2. The minimum Gasteiger partial charge on any atom is -0.489 e. The van der Waals surface area contributed by atoms with Gasteiger partial charge in [0.1, 0.15) is 12.4 Å². The fourth-order valence-corrected chi connectivity index (χ4v) is 3.44. The zero-order valence-corrected chi connectivity index (χ0v) is 17.0. The van der Waals surface area contributed by atoms with Crippen LogP contribution in [0.15, 0.2) is 59.6 Å². The minimum atomic E-state index is -4.17. The van der Waals surface area contributed by atoms with Gasteiger partial charge in [-0.1, -0.05) is 48.5 Å². The Balaban J connectivity index is 1.51. The van der Waals surface area contributed by atoms with Crippen molar-refractivity contribution in [2.45, 2.75) is 31.8 Å². The van der Waals surface area contributed by atoms with E-state index in [1.54, 1.807) is 7.05 Å². The molecule has 1 saturated heterocycles. The Bertz CT molecular complexity index is 827. The number of hydrogen-bond acceptors (Lipinski definition) is 3. The summed E-state index contributed by atoms with van der Waals surface area (Å²) in [5, 5.41) is 6.45. The lowest BCUT2D eigenvalue weighted by molar-refractivity contribution is -0.143. The van der Waals surface area contributed by atoms with Crippen LogP contribution in [-0.4, -0.2) is 49.8 Å². The molecule has 30 heavy (non-hydrogen) atoms. The molecule has 0 bridgehead atoms. The highest BCUT2D eigenvalue weighted by atomic mass is 19.4. The molecule has 5 nitrogen and oxygen atoms in total. The summed E-state index contributed by atoms with van der Waals surface area (Å²) < 4.78 is 43.7. The average Bonchev–Trinajstić information content (AvgIpc) is 3.16. The molecule has 0 aromatic heterocycles. The predicted octanol–water partition coefficient (Wildman–Crippen LogP) is 3.57. The van der Waals surface area contributed by atoms with Gasteiger partial charge in [0.15, 0.2) is 5.96 Å². The molecule has 2 aromatic carbocycles. The summed E-state index contributed by atoms with van der Waals surface area (Å²) in [4.78, 5) is 5.62. The second-order valence-electron chi connectivity index (χ2n) is 7.29. The zero-order valence-electron chi connectivity index (χ0n) is 17.0. The topological polar surface area (TPSA) is 48.9 Å². The first kappa shape index (κ1) is 22.0. The monoisotopic (exact) mass is 420 g/mol. The molecule has 0 saturated carbocycles. The minimum absolute atomic E-state index is 0.0666. The van der Waals surface area contributed by atoms with Crippen LogP contribution < -0.4 is 15.4 Å². The fourth-order valence-electron chi connectivity index (χ4n) is 3.44.